The number of benzene rings is 4. The third-order valence-corrected chi connectivity index (χ3v) is 13.8. The first-order chi connectivity index (χ1) is 26.5. The molecule has 0 N–H and O–H groups in total. The molecule has 0 unspecified atom stereocenters. The summed E-state index contributed by atoms with van der Waals surface area (Å²) in [5.41, 5.74) is -5.09. The van der Waals surface area contributed by atoms with E-state index in [1.54, 1.807) is 0 Å². The largest absolute Gasteiger partial charge is 0.748 e. The molecule has 0 radical (unpaired) electrons. The van der Waals surface area contributed by atoms with Crippen LogP contribution in [0, 0.1) is 27.7 Å². The molecule has 0 nitrogen and oxygen atoms in total. The molecule has 0 aromatic heterocycles. The van der Waals surface area contributed by atoms with E-state index in [-0.39, 0.29) is 46.2 Å². The zero-order chi connectivity index (χ0) is 42.1. The number of aryl methyl sites for hydroxylation is 4. The molecular weight excluding hydrogens is 862 g/mol. The molecule has 0 heterocycles. The van der Waals surface area contributed by atoms with E-state index in [0.29, 0.717) is 24.3 Å². The van der Waals surface area contributed by atoms with Gasteiger partial charge in [-0.2, -0.15) is 58.8 Å². The van der Waals surface area contributed by atoms with Crippen LogP contribution in [0.2, 0.25) is 0 Å². The molecule has 0 aliphatic carbocycles. The monoisotopic (exact) mass is 896 g/mol. The molecule has 0 saturated carbocycles. The summed E-state index contributed by atoms with van der Waals surface area (Å²) in [6.45, 7) is 7.43. The smallest absolute Gasteiger partial charge is 0.417 e. The van der Waals surface area contributed by atoms with Gasteiger partial charge in [0.2, 0.25) is 0 Å². The van der Waals surface area contributed by atoms with Gasteiger partial charge < -0.3 is 30.3 Å². The molecule has 58 heavy (non-hydrogen) atoms. The quantitative estimate of drug-likeness (QED) is 0.0648. The number of alkyl halides is 12. The minimum atomic E-state index is -5.75. The molecule has 6 rings (SSSR count). The minimum absolute atomic E-state index is 0. The van der Waals surface area contributed by atoms with Crippen LogP contribution in [0.5, 0.6) is 0 Å². The molecule has 0 spiro atoms. The van der Waals surface area contributed by atoms with Crippen LogP contribution in [-0.2, 0) is 47.9 Å². The molecule has 6 aromatic carbocycles. The van der Waals surface area contributed by atoms with Gasteiger partial charge in [-0.05, 0) is 75.1 Å². The average Bonchev–Trinajstić information content (AvgIpc) is 3.81. The van der Waals surface area contributed by atoms with Gasteiger partial charge in [0, 0.05) is 17.1 Å². The van der Waals surface area contributed by atoms with Crippen molar-refractivity contribution < 1.29 is 69.8 Å². The fourth-order valence-electron chi connectivity index (χ4n) is 6.75. The SMILES string of the molecule is Cc1cc(C)cc(P(C[c-]2cccc2P(c2cccc(C(F)(F)F)c2C(F)(F)F)c2cccc(C(F)(F)F)c2C(F)(F)F)c2cc(C)cc(C)c2)c1.[Fe].[cH-]1[cH-][cH-][cH-][cH-]1. The Hall–Kier alpha value is -3.88. The fraction of sp³-hybridized carbons (Fsp3) is 0.209. The van der Waals surface area contributed by atoms with E-state index >= 15 is 0 Å². The number of hydrogen-bond donors (Lipinski definition) is 0. The molecular formula is C43H34F12FeP2-6. The van der Waals surface area contributed by atoms with E-state index in [4.69, 9.17) is 0 Å². The van der Waals surface area contributed by atoms with E-state index in [2.05, 4.69) is 0 Å². The van der Waals surface area contributed by atoms with E-state index in [1.165, 1.54) is 18.2 Å². The first-order valence-corrected chi connectivity index (χ1v) is 20.0. The van der Waals surface area contributed by atoms with E-state index < -0.39 is 73.4 Å². The Kier molecular flexibility index (Phi) is 14.7. The van der Waals surface area contributed by atoms with E-state index in [0.717, 1.165) is 32.9 Å². The Morgan fingerprint density at radius 1 is 0.483 bits per heavy atom. The average molecular weight is 897 g/mol. The Balaban J connectivity index is 0.00000115. The number of rotatable bonds is 7. The Labute approximate surface area is 341 Å². The first-order valence-electron chi connectivity index (χ1n) is 17.2. The van der Waals surface area contributed by atoms with Crippen molar-refractivity contribution in [3.63, 3.8) is 0 Å². The van der Waals surface area contributed by atoms with Crippen LogP contribution in [0.25, 0.3) is 0 Å². The van der Waals surface area contributed by atoms with Gasteiger partial charge in [-0.1, -0.05) is 90.8 Å². The van der Waals surface area contributed by atoms with Gasteiger partial charge in [-0.15, -0.1) is 10.9 Å². The Morgan fingerprint density at radius 3 is 1.17 bits per heavy atom. The van der Waals surface area contributed by atoms with Crippen molar-refractivity contribution in [2.75, 3.05) is 0 Å². The maximum absolute atomic E-state index is 14.8. The number of hydrogen-bond acceptors (Lipinski definition) is 0. The zero-order valence-electron chi connectivity index (χ0n) is 31.0. The Morgan fingerprint density at radius 2 is 0.845 bits per heavy atom. The second-order valence-corrected chi connectivity index (χ2v) is 17.7. The molecule has 0 fully saturated rings. The van der Waals surface area contributed by atoms with Gasteiger partial charge in [-0.3, -0.25) is 0 Å². The maximum atomic E-state index is 14.8. The van der Waals surface area contributed by atoms with Crippen molar-refractivity contribution in [2.24, 2.45) is 0 Å². The van der Waals surface area contributed by atoms with Crippen molar-refractivity contribution in [2.45, 2.75) is 58.6 Å². The van der Waals surface area contributed by atoms with Crippen molar-refractivity contribution in [3.8, 4) is 0 Å². The van der Waals surface area contributed by atoms with Gasteiger partial charge >= 0.3 is 24.7 Å². The van der Waals surface area contributed by atoms with Crippen molar-refractivity contribution in [3.05, 3.63) is 171 Å². The predicted octanol–water partition coefficient (Wildman–Crippen LogP) is 12.5. The molecule has 0 bridgehead atoms. The summed E-state index contributed by atoms with van der Waals surface area (Å²) in [7, 11) is -4.80. The van der Waals surface area contributed by atoms with Gasteiger partial charge in [0.25, 0.3) is 0 Å². The predicted molar refractivity (Wildman–Crippen MR) is 205 cm³/mol. The molecule has 0 atom stereocenters. The third-order valence-electron chi connectivity index (χ3n) is 8.79. The third kappa shape index (κ3) is 11.0. The standard InChI is InChI=1S/C38H29F12P2.C5H5.Fe/c1-21-14-22(2)17-26(16-21)51(27-18-23(3)15-24(4)19-27)20-25-8-5-11-30(25)52(31-12-6-9-28(35(39,40)41)33(31)37(45,46)47)32-13-7-10-29(36(42,43)44)34(32)38(48,49)50;1-2-4-5-3-1;/h5-19H,20H2,1-4H3;1-5H;/q-1;-5;. The van der Waals surface area contributed by atoms with Crippen LogP contribution >= 0.6 is 15.8 Å². The maximum Gasteiger partial charge on any atom is 0.417 e. The van der Waals surface area contributed by atoms with Gasteiger partial charge in [0.05, 0.1) is 22.3 Å². The summed E-state index contributed by atoms with van der Waals surface area (Å²) in [6.07, 6.45) is -22.7. The summed E-state index contributed by atoms with van der Waals surface area (Å²) in [5, 5.41) is -0.975. The Bertz CT molecular complexity index is 2110. The second kappa shape index (κ2) is 18.2. The summed E-state index contributed by atoms with van der Waals surface area (Å²) in [6, 6.07) is 28.3. The molecule has 6 aromatic rings. The van der Waals surface area contributed by atoms with Crippen LogP contribution in [0.15, 0.2) is 121 Å². The van der Waals surface area contributed by atoms with Crippen LogP contribution in [0.3, 0.4) is 0 Å². The van der Waals surface area contributed by atoms with Crippen LogP contribution in [-0.4, -0.2) is 0 Å². The molecule has 0 aliphatic rings. The van der Waals surface area contributed by atoms with Crippen molar-refractivity contribution in [1.29, 1.82) is 0 Å². The molecule has 314 valence electrons. The van der Waals surface area contributed by atoms with E-state index in [1.807, 2.05) is 94.4 Å². The van der Waals surface area contributed by atoms with Crippen LogP contribution in [0.4, 0.5) is 52.7 Å². The number of halogens is 12. The fourth-order valence-corrected chi connectivity index (χ4v) is 12.5. The molecule has 0 amide bonds. The first kappa shape index (κ1) is 46.8. The second-order valence-electron chi connectivity index (χ2n) is 13.4. The summed E-state index contributed by atoms with van der Waals surface area (Å²) < 4.78 is 174. The van der Waals surface area contributed by atoms with Gasteiger partial charge in [0.15, 0.2) is 0 Å². The topological polar surface area (TPSA) is 0 Å². The van der Waals surface area contributed by atoms with Crippen LogP contribution < -0.4 is 26.5 Å². The molecule has 15 heteroatoms. The summed E-state index contributed by atoms with van der Waals surface area (Å²) in [4.78, 5) is 0. The summed E-state index contributed by atoms with van der Waals surface area (Å²) >= 11 is 0. The van der Waals surface area contributed by atoms with Crippen molar-refractivity contribution >= 4 is 42.4 Å². The molecule has 0 saturated heterocycles. The van der Waals surface area contributed by atoms with Gasteiger partial charge in [0.1, 0.15) is 0 Å². The normalized spacial score (nSPS) is 12.4. The zero-order valence-corrected chi connectivity index (χ0v) is 33.9. The molecule has 0 aliphatic heterocycles. The minimum Gasteiger partial charge on any atom is -0.748 e. The van der Waals surface area contributed by atoms with Gasteiger partial charge in [-0.25, -0.2) is 12.1 Å². The van der Waals surface area contributed by atoms with E-state index in [9.17, 15) is 52.7 Å². The summed E-state index contributed by atoms with van der Waals surface area (Å²) in [5.74, 6) is 0. The van der Waals surface area contributed by atoms with Crippen LogP contribution in [0.1, 0.15) is 50.1 Å². The van der Waals surface area contributed by atoms with Crippen molar-refractivity contribution in [1.82, 2.24) is 0 Å².